The number of aliphatic hydroxyl groups excluding tert-OH is 1. The quantitative estimate of drug-likeness (QED) is 0.852. The summed E-state index contributed by atoms with van der Waals surface area (Å²) in [5, 5.41) is 10.1. The molecule has 1 fully saturated rings. The molecule has 2 rings (SSSR count). The van der Waals surface area contributed by atoms with E-state index >= 15 is 0 Å². The molecular formula is C14H22ClNOS. The van der Waals surface area contributed by atoms with Crippen LogP contribution in [0.15, 0.2) is 12.1 Å². The molecule has 2 atom stereocenters. The Bertz CT molecular complexity index is 368. The van der Waals surface area contributed by atoms with Crippen molar-refractivity contribution in [3.63, 3.8) is 0 Å². The number of hydrogen-bond donors (Lipinski definition) is 1. The smallest absolute Gasteiger partial charge is 0.0931 e. The second kappa shape index (κ2) is 6.90. The normalized spacial score (nSPS) is 25.3. The fourth-order valence-electron chi connectivity index (χ4n) is 2.75. The molecule has 2 unspecified atom stereocenters. The molecule has 0 amide bonds. The summed E-state index contributed by atoms with van der Waals surface area (Å²) in [4.78, 5) is 3.60. The Morgan fingerprint density at radius 1 is 1.33 bits per heavy atom. The van der Waals surface area contributed by atoms with Crippen molar-refractivity contribution < 1.29 is 5.11 Å². The summed E-state index contributed by atoms with van der Waals surface area (Å²) < 4.78 is 0.855. The second-order valence-corrected chi connectivity index (χ2v) is 7.17. The summed E-state index contributed by atoms with van der Waals surface area (Å²) >= 11 is 7.58. The molecule has 0 bridgehead atoms. The Balaban J connectivity index is 1.84. The monoisotopic (exact) mass is 287 g/mol. The van der Waals surface area contributed by atoms with E-state index in [4.69, 9.17) is 11.6 Å². The van der Waals surface area contributed by atoms with Crippen LogP contribution in [0.25, 0.3) is 0 Å². The van der Waals surface area contributed by atoms with Crippen molar-refractivity contribution in [2.45, 2.75) is 44.8 Å². The van der Waals surface area contributed by atoms with E-state index in [1.165, 1.54) is 24.1 Å². The Morgan fingerprint density at radius 2 is 2.11 bits per heavy atom. The van der Waals surface area contributed by atoms with Crippen molar-refractivity contribution in [3.8, 4) is 0 Å². The minimum absolute atomic E-state index is 0.109. The van der Waals surface area contributed by atoms with Gasteiger partial charge in [-0.2, -0.15) is 0 Å². The molecule has 18 heavy (non-hydrogen) atoms. The minimum Gasteiger partial charge on any atom is -0.393 e. The van der Waals surface area contributed by atoms with Crippen molar-refractivity contribution in [1.29, 1.82) is 0 Å². The lowest BCUT2D eigenvalue weighted by molar-refractivity contribution is 0.0782. The highest BCUT2D eigenvalue weighted by molar-refractivity contribution is 7.16. The van der Waals surface area contributed by atoms with E-state index in [1.54, 1.807) is 11.3 Å². The van der Waals surface area contributed by atoms with Gasteiger partial charge in [0.15, 0.2) is 0 Å². The minimum atomic E-state index is -0.109. The van der Waals surface area contributed by atoms with Gasteiger partial charge in [0.05, 0.1) is 10.4 Å². The van der Waals surface area contributed by atoms with Gasteiger partial charge < -0.3 is 10.0 Å². The van der Waals surface area contributed by atoms with E-state index in [9.17, 15) is 5.11 Å². The van der Waals surface area contributed by atoms with Crippen LogP contribution in [0.2, 0.25) is 4.34 Å². The van der Waals surface area contributed by atoms with E-state index in [-0.39, 0.29) is 6.10 Å². The Labute approximate surface area is 119 Å². The van der Waals surface area contributed by atoms with E-state index in [0.29, 0.717) is 5.92 Å². The van der Waals surface area contributed by atoms with E-state index in [1.807, 2.05) is 6.07 Å². The molecule has 0 radical (unpaired) electrons. The van der Waals surface area contributed by atoms with Crippen LogP contribution in [-0.2, 0) is 6.54 Å². The third kappa shape index (κ3) is 4.23. The zero-order valence-corrected chi connectivity index (χ0v) is 12.5. The van der Waals surface area contributed by atoms with Gasteiger partial charge in [-0.15, -0.1) is 11.3 Å². The van der Waals surface area contributed by atoms with Gasteiger partial charge in [0.2, 0.25) is 0 Å². The van der Waals surface area contributed by atoms with Crippen molar-refractivity contribution in [3.05, 3.63) is 21.3 Å². The number of rotatable bonds is 4. The Morgan fingerprint density at radius 3 is 2.83 bits per heavy atom. The molecule has 4 heteroatoms. The number of aliphatic hydroxyl groups is 1. The number of halogens is 1. The second-order valence-electron chi connectivity index (χ2n) is 5.37. The van der Waals surface area contributed by atoms with Crippen LogP contribution in [0.1, 0.15) is 37.0 Å². The molecule has 1 aliphatic carbocycles. The number of hydrogen-bond acceptors (Lipinski definition) is 3. The highest BCUT2D eigenvalue weighted by Gasteiger charge is 2.22. The maximum absolute atomic E-state index is 10.1. The summed E-state index contributed by atoms with van der Waals surface area (Å²) in [7, 11) is 2.13. The SMILES string of the molecule is CN(Cc1ccc(Cl)s1)CC1CCCCCC1O. The molecule has 1 N–H and O–H groups in total. The molecule has 0 aromatic carbocycles. The summed E-state index contributed by atoms with van der Waals surface area (Å²) in [6, 6.07) is 4.04. The zero-order valence-electron chi connectivity index (χ0n) is 10.9. The average molecular weight is 288 g/mol. The molecular weight excluding hydrogens is 266 g/mol. The van der Waals surface area contributed by atoms with Crippen LogP contribution in [0, 0.1) is 5.92 Å². The standard InChI is InChI=1S/C14H22ClNOS/c1-16(10-12-7-8-14(15)18-12)9-11-5-3-2-4-6-13(11)17/h7-8,11,13,17H,2-6,9-10H2,1H3. The average Bonchev–Trinajstić information content (AvgIpc) is 2.61. The first kappa shape index (κ1) is 14.3. The van der Waals surface area contributed by atoms with Crippen LogP contribution in [0.4, 0.5) is 0 Å². The largest absolute Gasteiger partial charge is 0.393 e. The first-order valence-electron chi connectivity index (χ1n) is 6.76. The molecule has 0 saturated heterocycles. The third-order valence-corrected chi connectivity index (χ3v) is 4.94. The number of nitrogens with zero attached hydrogens (tertiary/aromatic N) is 1. The van der Waals surface area contributed by atoms with Crippen molar-refractivity contribution in [2.24, 2.45) is 5.92 Å². The summed E-state index contributed by atoms with van der Waals surface area (Å²) in [5.41, 5.74) is 0. The van der Waals surface area contributed by atoms with Crippen LogP contribution in [0.5, 0.6) is 0 Å². The van der Waals surface area contributed by atoms with Gasteiger partial charge in [0.25, 0.3) is 0 Å². The van der Waals surface area contributed by atoms with E-state index in [2.05, 4.69) is 18.0 Å². The van der Waals surface area contributed by atoms with Gasteiger partial charge in [-0.05, 0) is 37.9 Å². The highest BCUT2D eigenvalue weighted by Crippen LogP contribution is 2.26. The summed E-state index contributed by atoms with van der Waals surface area (Å²) in [5.74, 6) is 0.438. The van der Waals surface area contributed by atoms with Crippen LogP contribution < -0.4 is 0 Å². The third-order valence-electron chi connectivity index (χ3n) is 3.72. The lowest BCUT2D eigenvalue weighted by Crippen LogP contribution is -2.31. The van der Waals surface area contributed by atoms with Crippen LogP contribution in [-0.4, -0.2) is 29.7 Å². The number of thiophene rings is 1. The summed E-state index contributed by atoms with van der Waals surface area (Å²) in [6.07, 6.45) is 5.75. The molecule has 102 valence electrons. The molecule has 1 saturated carbocycles. The molecule has 2 nitrogen and oxygen atoms in total. The van der Waals surface area contributed by atoms with Gasteiger partial charge in [0.1, 0.15) is 0 Å². The van der Waals surface area contributed by atoms with Crippen molar-refractivity contribution >= 4 is 22.9 Å². The van der Waals surface area contributed by atoms with Crippen molar-refractivity contribution in [2.75, 3.05) is 13.6 Å². The predicted octanol–water partition coefficient (Wildman–Crippen LogP) is 3.77. The van der Waals surface area contributed by atoms with E-state index in [0.717, 1.165) is 30.3 Å². The maximum Gasteiger partial charge on any atom is 0.0931 e. The highest BCUT2D eigenvalue weighted by atomic mass is 35.5. The maximum atomic E-state index is 10.1. The van der Waals surface area contributed by atoms with Crippen molar-refractivity contribution in [1.82, 2.24) is 4.90 Å². The van der Waals surface area contributed by atoms with Crippen LogP contribution >= 0.6 is 22.9 Å². The van der Waals surface area contributed by atoms with Crippen LogP contribution in [0.3, 0.4) is 0 Å². The van der Waals surface area contributed by atoms with E-state index < -0.39 is 0 Å². The van der Waals surface area contributed by atoms with Gasteiger partial charge in [0, 0.05) is 18.0 Å². The lowest BCUT2D eigenvalue weighted by atomic mass is 9.97. The first-order valence-corrected chi connectivity index (χ1v) is 7.95. The van der Waals surface area contributed by atoms with Gasteiger partial charge in [-0.25, -0.2) is 0 Å². The topological polar surface area (TPSA) is 23.5 Å². The molecule has 1 aliphatic rings. The Kier molecular flexibility index (Phi) is 5.49. The summed E-state index contributed by atoms with van der Waals surface area (Å²) in [6.45, 7) is 1.91. The molecule has 0 spiro atoms. The first-order chi connectivity index (χ1) is 8.65. The predicted molar refractivity (Wildman–Crippen MR) is 78.2 cm³/mol. The fourth-order valence-corrected chi connectivity index (χ4v) is 3.91. The van der Waals surface area contributed by atoms with Gasteiger partial charge >= 0.3 is 0 Å². The molecule has 1 heterocycles. The Hall–Kier alpha value is -0.0900. The molecule has 1 aromatic rings. The van der Waals surface area contributed by atoms with Gasteiger partial charge in [-0.3, -0.25) is 0 Å². The fraction of sp³-hybridized carbons (Fsp3) is 0.714. The lowest BCUT2D eigenvalue weighted by Gasteiger charge is -2.26. The van der Waals surface area contributed by atoms with Gasteiger partial charge in [-0.1, -0.05) is 30.9 Å². The zero-order chi connectivity index (χ0) is 13.0. The molecule has 0 aliphatic heterocycles. The molecule has 1 aromatic heterocycles.